The van der Waals surface area contributed by atoms with Crippen molar-refractivity contribution in [2.75, 3.05) is 0 Å². The smallest absolute Gasteiger partial charge is 0.127 e. The Balaban J connectivity index is 1.71. The number of para-hydroxylation sites is 1. The van der Waals surface area contributed by atoms with Crippen molar-refractivity contribution in [1.82, 2.24) is 0 Å². The van der Waals surface area contributed by atoms with E-state index in [9.17, 15) is 0 Å². The Hall–Kier alpha value is -1.24. The van der Waals surface area contributed by atoms with E-state index in [2.05, 4.69) is 44.2 Å². The number of rotatable bonds is 8. The summed E-state index contributed by atoms with van der Waals surface area (Å²) in [5, 5.41) is 0. The minimum atomic E-state index is -0.113. The highest BCUT2D eigenvalue weighted by atomic mass is 16.5. The second-order valence-corrected chi connectivity index (χ2v) is 6.16. The van der Waals surface area contributed by atoms with Crippen molar-refractivity contribution < 1.29 is 4.74 Å². The molecule has 0 spiro atoms. The first-order valence-electron chi connectivity index (χ1n) is 8.21. The summed E-state index contributed by atoms with van der Waals surface area (Å²) in [5.41, 5.74) is 1.09. The number of hydrogen-bond donors (Lipinski definition) is 0. The SMILES string of the molecule is CCCCCCCCCC1(C)C=Cc2ccccc2O1. The summed E-state index contributed by atoms with van der Waals surface area (Å²) in [6, 6.07) is 8.29. The predicted octanol–water partition coefficient (Wildman–Crippen LogP) is 5.99. The third kappa shape index (κ3) is 4.40. The van der Waals surface area contributed by atoms with Crippen LogP contribution in [0, 0.1) is 0 Å². The van der Waals surface area contributed by atoms with Crippen LogP contribution in [0.3, 0.4) is 0 Å². The maximum absolute atomic E-state index is 6.18. The monoisotopic (exact) mass is 272 g/mol. The fourth-order valence-electron chi connectivity index (χ4n) is 2.83. The van der Waals surface area contributed by atoms with Crippen molar-refractivity contribution in [2.45, 2.75) is 70.8 Å². The Morgan fingerprint density at radius 3 is 2.45 bits per heavy atom. The van der Waals surface area contributed by atoms with E-state index in [1.165, 1.54) is 50.5 Å². The second-order valence-electron chi connectivity index (χ2n) is 6.16. The second kappa shape index (κ2) is 7.52. The van der Waals surface area contributed by atoms with Gasteiger partial charge in [0.1, 0.15) is 11.4 Å². The van der Waals surface area contributed by atoms with Crippen LogP contribution in [0.2, 0.25) is 0 Å². The highest BCUT2D eigenvalue weighted by Crippen LogP contribution is 2.33. The zero-order valence-electron chi connectivity index (χ0n) is 13.0. The molecular formula is C19H28O. The van der Waals surface area contributed by atoms with Gasteiger partial charge >= 0.3 is 0 Å². The Labute approximate surface area is 124 Å². The standard InChI is InChI=1S/C19H28O/c1-3-4-5-6-7-8-11-15-19(2)16-14-17-12-9-10-13-18(17)20-19/h9-10,12-14,16H,3-8,11,15H2,1-2H3. The summed E-state index contributed by atoms with van der Waals surface area (Å²) in [6.45, 7) is 4.47. The van der Waals surface area contributed by atoms with Crippen LogP contribution >= 0.6 is 0 Å². The minimum Gasteiger partial charge on any atom is -0.483 e. The molecule has 1 aromatic carbocycles. The summed E-state index contributed by atoms with van der Waals surface area (Å²) < 4.78 is 6.18. The van der Waals surface area contributed by atoms with Gasteiger partial charge in [0.25, 0.3) is 0 Å². The van der Waals surface area contributed by atoms with Crippen LogP contribution in [0.5, 0.6) is 5.75 Å². The van der Waals surface area contributed by atoms with E-state index < -0.39 is 0 Å². The lowest BCUT2D eigenvalue weighted by molar-refractivity contribution is 0.124. The molecule has 0 saturated carbocycles. The lowest BCUT2D eigenvalue weighted by Gasteiger charge is -2.31. The molecule has 0 fully saturated rings. The molecule has 0 saturated heterocycles. The average molecular weight is 272 g/mol. The van der Waals surface area contributed by atoms with Gasteiger partial charge in [-0.3, -0.25) is 0 Å². The van der Waals surface area contributed by atoms with Crippen molar-refractivity contribution in [3.05, 3.63) is 35.9 Å². The van der Waals surface area contributed by atoms with Gasteiger partial charge in [-0.15, -0.1) is 0 Å². The summed E-state index contributed by atoms with van der Waals surface area (Å²) in [4.78, 5) is 0. The molecule has 0 bridgehead atoms. The number of benzene rings is 1. The van der Waals surface area contributed by atoms with Gasteiger partial charge in [-0.05, 0) is 31.9 Å². The third-order valence-electron chi connectivity index (χ3n) is 4.15. The van der Waals surface area contributed by atoms with Gasteiger partial charge < -0.3 is 4.74 Å². The van der Waals surface area contributed by atoms with E-state index >= 15 is 0 Å². The zero-order valence-corrected chi connectivity index (χ0v) is 13.0. The van der Waals surface area contributed by atoms with Gasteiger partial charge in [0.05, 0.1) is 0 Å². The summed E-state index contributed by atoms with van der Waals surface area (Å²) in [7, 11) is 0. The molecule has 0 radical (unpaired) electrons. The molecule has 0 aliphatic carbocycles. The number of hydrogen-bond acceptors (Lipinski definition) is 1. The molecule has 1 heteroatoms. The fourth-order valence-corrected chi connectivity index (χ4v) is 2.83. The normalized spacial score (nSPS) is 20.5. The topological polar surface area (TPSA) is 9.23 Å². The van der Waals surface area contributed by atoms with E-state index in [1.807, 2.05) is 6.07 Å². The van der Waals surface area contributed by atoms with E-state index in [0.29, 0.717) is 0 Å². The molecule has 1 heterocycles. The Bertz CT molecular complexity index is 435. The molecule has 1 unspecified atom stereocenters. The zero-order chi connectivity index (χ0) is 14.3. The molecule has 1 nitrogen and oxygen atoms in total. The summed E-state index contributed by atoms with van der Waals surface area (Å²) in [6.07, 6.45) is 15.0. The first-order chi connectivity index (χ1) is 9.73. The van der Waals surface area contributed by atoms with Crippen LogP contribution in [0.25, 0.3) is 6.08 Å². The molecule has 1 atom stereocenters. The molecule has 1 aliphatic rings. The van der Waals surface area contributed by atoms with Crippen LogP contribution in [0.4, 0.5) is 0 Å². The first-order valence-corrected chi connectivity index (χ1v) is 8.21. The number of unbranched alkanes of at least 4 members (excludes halogenated alkanes) is 6. The molecule has 0 N–H and O–H groups in total. The maximum Gasteiger partial charge on any atom is 0.127 e. The van der Waals surface area contributed by atoms with Crippen LogP contribution in [0.15, 0.2) is 30.3 Å². The highest BCUT2D eigenvalue weighted by molar-refractivity contribution is 5.60. The van der Waals surface area contributed by atoms with E-state index in [4.69, 9.17) is 4.74 Å². The van der Waals surface area contributed by atoms with Crippen molar-refractivity contribution >= 4 is 6.08 Å². The lowest BCUT2D eigenvalue weighted by Crippen LogP contribution is -2.31. The van der Waals surface area contributed by atoms with Gasteiger partial charge in [0, 0.05) is 5.56 Å². The molecule has 0 amide bonds. The minimum absolute atomic E-state index is 0.113. The molecule has 0 aromatic heterocycles. The predicted molar refractivity (Wildman–Crippen MR) is 87.1 cm³/mol. The highest BCUT2D eigenvalue weighted by Gasteiger charge is 2.26. The molecule has 2 rings (SSSR count). The number of ether oxygens (including phenoxy) is 1. The molecule has 20 heavy (non-hydrogen) atoms. The van der Waals surface area contributed by atoms with Gasteiger partial charge in [-0.25, -0.2) is 0 Å². The van der Waals surface area contributed by atoms with Gasteiger partial charge in [-0.2, -0.15) is 0 Å². The van der Waals surface area contributed by atoms with Crippen LogP contribution < -0.4 is 4.74 Å². The van der Waals surface area contributed by atoms with Crippen molar-refractivity contribution in [3.63, 3.8) is 0 Å². The van der Waals surface area contributed by atoms with E-state index in [1.54, 1.807) is 0 Å². The van der Waals surface area contributed by atoms with Crippen molar-refractivity contribution in [1.29, 1.82) is 0 Å². The molecular weight excluding hydrogens is 244 g/mol. The maximum atomic E-state index is 6.18. The summed E-state index contributed by atoms with van der Waals surface area (Å²) in [5.74, 6) is 1.03. The Morgan fingerprint density at radius 2 is 1.65 bits per heavy atom. The summed E-state index contributed by atoms with van der Waals surface area (Å²) >= 11 is 0. The van der Waals surface area contributed by atoms with Crippen molar-refractivity contribution in [3.8, 4) is 5.75 Å². The number of fused-ring (bicyclic) bond motifs is 1. The molecule has 1 aliphatic heterocycles. The molecule has 110 valence electrons. The van der Waals surface area contributed by atoms with Crippen molar-refractivity contribution in [2.24, 2.45) is 0 Å². The average Bonchev–Trinajstić information content (AvgIpc) is 2.46. The molecule has 1 aromatic rings. The van der Waals surface area contributed by atoms with Crippen LogP contribution in [-0.4, -0.2) is 5.60 Å². The Morgan fingerprint density at radius 1 is 0.950 bits per heavy atom. The van der Waals surface area contributed by atoms with Gasteiger partial charge in [-0.1, -0.05) is 69.7 Å². The Kier molecular flexibility index (Phi) is 5.70. The van der Waals surface area contributed by atoms with Crippen LogP contribution in [-0.2, 0) is 0 Å². The van der Waals surface area contributed by atoms with Crippen LogP contribution in [0.1, 0.15) is 70.8 Å². The van der Waals surface area contributed by atoms with Gasteiger partial charge in [0.15, 0.2) is 0 Å². The largest absolute Gasteiger partial charge is 0.483 e. The fraction of sp³-hybridized carbons (Fsp3) is 0.579. The van der Waals surface area contributed by atoms with E-state index in [0.717, 1.165) is 12.2 Å². The van der Waals surface area contributed by atoms with Gasteiger partial charge in [0.2, 0.25) is 0 Å². The van der Waals surface area contributed by atoms with E-state index in [-0.39, 0.29) is 5.60 Å². The first kappa shape index (κ1) is 15.2. The quantitative estimate of drug-likeness (QED) is 0.528. The third-order valence-corrected chi connectivity index (χ3v) is 4.15. The lowest BCUT2D eigenvalue weighted by atomic mass is 9.93.